The van der Waals surface area contributed by atoms with E-state index < -0.39 is 0 Å². The number of rotatable bonds is 4. The number of halogens is 1. The highest BCUT2D eigenvalue weighted by Gasteiger charge is 2.31. The Balaban J connectivity index is 0.00000180. The molecular weight excluding hydrogens is 270 g/mol. The predicted octanol–water partition coefficient (Wildman–Crippen LogP) is 1.40. The summed E-state index contributed by atoms with van der Waals surface area (Å²) in [5.41, 5.74) is 0. The Kier molecular flexibility index (Phi) is 5.92. The van der Waals surface area contributed by atoms with Gasteiger partial charge in [-0.1, -0.05) is 12.1 Å². The van der Waals surface area contributed by atoms with Crippen LogP contribution in [-0.4, -0.2) is 38.9 Å². The molecule has 1 aromatic rings. The van der Waals surface area contributed by atoms with Crippen molar-refractivity contribution in [2.24, 2.45) is 0 Å². The summed E-state index contributed by atoms with van der Waals surface area (Å²) in [5.74, 6) is 1.14. The molecule has 106 valence electrons. The van der Waals surface area contributed by atoms with Crippen LogP contribution in [0.2, 0.25) is 0 Å². The number of benzene rings is 1. The second-order valence-electron chi connectivity index (χ2n) is 4.11. The molecule has 0 amide bonds. The third-order valence-electron chi connectivity index (χ3n) is 2.94. The molecule has 2 atom stereocenters. The van der Waals surface area contributed by atoms with E-state index in [0.29, 0.717) is 24.5 Å². The van der Waals surface area contributed by atoms with Crippen molar-refractivity contribution in [2.75, 3.05) is 20.8 Å². The molecule has 19 heavy (non-hydrogen) atoms. The summed E-state index contributed by atoms with van der Waals surface area (Å²) in [6.45, 7) is 0.623. The topological polar surface area (TPSA) is 56.8 Å². The van der Waals surface area contributed by atoms with Gasteiger partial charge in [0.25, 0.3) is 0 Å². The van der Waals surface area contributed by atoms with Gasteiger partial charge in [-0.05, 0) is 12.1 Å². The maximum atomic E-state index is 11.4. The molecule has 0 unspecified atom stereocenters. The summed E-state index contributed by atoms with van der Waals surface area (Å²) in [4.78, 5) is 11.4. The van der Waals surface area contributed by atoms with Gasteiger partial charge < -0.3 is 19.5 Å². The normalized spacial score (nSPS) is 21.4. The lowest BCUT2D eigenvalue weighted by molar-refractivity contribution is -0.142. The summed E-state index contributed by atoms with van der Waals surface area (Å²) < 4.78 is 15.7. The van der Waals surface area contributed by atoms with E-state index in [0.717, 1.165) is 0 Å². The van der Waals surface area contributed by atoms with Crippen LogP contribution in [0.3, 0.4) is 0 Å². The molecule has 1 N–H and O–H groups in total. The molecule has 0 saturated carbocycles. The van der Waals surface area contributed by atoms with Crippen LogP contribution in [0.15, 0.2) is 24.3 Å². The van der Waals surface area contributed by atoms with Crippen molar-refractivity contribution in [2.45, 2.75) is 18.6 Å². The summed E-state index contributed by atoms with van der Waals surface area (Å²) in [5, 5.41) is 3.07. The van der Waals surface area contributed by atoms with Gasteiger partial charge in [-0.15, -0.1) is 12.4 Å². The Bertz CT molecular complexity index is 427. The first-order valence-electron chi connectivity index (χ1n) is 5.85. The molecule has 2 rings (SSSR count). The van der Waals surface area contributed by atoms with Gasteiger partial charge in [-0.2, -0.15) is 0 Å². The van der Waals surface area contributed by atoms with Crippen LogP contribution in [0.1, 0.15) is 6.42 Å². The van der Waals surface area contributed by atoms with Gasteiger partial charge >= 0.3 is 5.97 Å². The van der Waals surface area contributed by atoms with Crippen molar-refractivity contribution in [3.8, 4) is 11.5 Å². The lowest BCUT2D eigenvalue weighted by Crippen LogP contribution is -2.31. The molecule has 1 aliphatic heterocycles. The first-order chi connectivity index (χ1) is 8.74. The third-order valence-corrected chi connectivity index (χ3v) is 2.94. The highest BCUT2D eigenvalue weighted by Crippen LogP contribution is 2.28. The zero-order chi connectivity index (χ0) is 13.0. The molecule has 0 aromatic heterocycles. The first kappa shape index (κ1) is 15.6. The van der Waals surface area contributed by atoms with Crippen LogP contribution < -0.4 is 14.8 Å². The Morgan fingerprint density at radius 1 is 1.26 bits per heavy atom. The molecule has 5 nitrogen and oxygen atoms in total. The van der Waals surface area contributed by atoms with E-state index in [1.165, 1.54) is 7.11 Å². The fourth-order valence-corrected chi connectivity index (χ4v) is 2.01. The van der Waals surface area contributed by atoms with Crippen LogP contribution in [-0.2, 0) is 9.53 Å². The van der Waals surface area contributed by atoms with Crippen LogP contribution in [0.5, 0.6) is 11.5 Å². The number of carbonyl (C=O) groups is 1. The van der Waals surface area contributed by atoms with Crippen LogP contribution in [0.4, 0.5) is 0 Å². The molecule has 6 heteroatoms. The third kappa shape index (κ3) is 3.75. The fourth-order valence-electron chi connectivity index (χ4n) is 2.01. The summed E-state index contributed by atoms with van der Waals surface area (Å²) in [6, 6.07) is 7.18. The monoisotopic (exact) mass is 287 g/mol. The average molecular weight is 288 g/mol. The Morgan fingerprint density at radius 2 is 1.95 bits per heavy atom. The molecule has 0 radical (unpaired) electrons. The van der Waals surface area contributed by atoms with Gasteiger partial charge in [0, 0.05) is 13.0 Å². The molecule has 1 aromatic carbocycles. The van der Waals surface area contributed by atoms with Gasteiger partial charge in [0.15, 0.2) is 11.5 Å². The number of hydrogen-bond acceptors (Lipinski definition) is 5. The van der Waals surface area contributed by atoms with Crippen molar-refractivity contribution in [3.05, 3.63) is 24.3 Å². The average Bonchev–Trinajstić information content (AvgIpc) is 2.87. The van der Waals surface area contributed by atoms with Gasteiger partial charge in [0.2, 0.25) is 0 Å². The van der Waals surface area contributed by atoms with Gasteiger partial charge in [0.05, 0.1) is 14.2 Å². The van der Waals surface area contributed by atoms with Crippen LogP contribution in [0.25, 0.3) is 0 Å². The van der Waals surface area contributed by atoms with E-state index in [9.17, 15) is 4.79 Å². The Hall–Kier alpha value is -1.46. The first-order valence-corrected chi connectivity index (χ1v) is 5.85. The van der Waals surface area contributed by atoms with E-state index in [1.807, 2.05) is 24.3 Å². The molecule has 0 bridgehead atoms. The summed E-state index contributed by atoms with van der Waals surface area (Å²) >= 11 is 0. The van der Waals surface area contributed by atoms with E-state index in [1.54, 1.807) is 7.11 Å². The van der Waals surface area contributed by atoms with E-state index in [-0.39, 0.29) is 30.5 Å². The quantitative estimate of drug-likeness (QED) is 0.849. The molecule has 0 spiro atoms. The van der Waals surface area contributed by atoms with E-state index in [2.05, 4.69) is 5.32 Å². The predicted molar refractivity (Wildman–Crippen MR) is 73.1 cm³/mol. The maximum Gasteiger partial charge on any atom is 0.323 e. The SMILES string of the molecule is COC(=O)[C@@H]1C[C@@H](Oc2ccccc2OC)CN1.Cl. The minimum Gasteiger partial charge on any atom is -0.493 e. The molecule has 1 saturated heterocycles. The molecular formula is C13H18ClNO4. The van der Waals surface area contributed by atoms with Gasteiger partial charge in [0.1, 0.15) is 12.1 Å². The zero-order valence-corrected chi connectivity index (χ0v) is 11.7. The second-order valence-corrected chi connectivity index (χ2v) is 4.11. The highest BCUT2D eigenvalue weighted by molar-refractivity contribution is 5.85. The van der Waals surface area contributed by atoms with Gasteiger partial charge in [-0.25, -0.2) is 0 Å². The van der Waals surface area contributed by atoms with Crippen molar-refractivity contribution in [1.29, 1.82) is 0 Å². The van der Waals surface area contributed by atoms with Crippen molar-refractivity contribution < 1.29 is 19.0 Å². The van der Waals surface area contributed by atoms with Crippen molar-refractivity contribution >= 4 is 18.4 Å². The molecule has 0 aliphatic carbocycles. The lowest BCUT2D eigenvalue weighted by Gasteiger charge is -2.15. The maximum absolute atomic E-state index is 11.4. The summed E-state index contributed by atoms with van der Waals surface area (Å²) in [6.07, 6.45) is 0.551. The number of hydrogen-bond donors (Lipinski definition) is 1. The largest absolute Gasteiger partial charge is 0.493 e. The van der Waals surface area contributed by atoms with Crippen LogP contribution in [0, 0.1) is 0 Å². The standard InChI is InChI=1S/C13H17NO4.ClH/c1-16-11-5-3-4-6-12(11)18-9-7-10(14-8-9)13(15)17-2;/h3-6,9-10,14H,7-8H2,1-2H3;1H/t9-,10+;/m1./s1. The highest BCUT2D eigenvalue weighted by atomic mass is 35.5. The molecule has 1 heterocycles. The van der Waals surface area contributed by atoms with E-state index >= 15 is 0 Å². The second kappa shape index (κ2) is 7.21. The van der Waals surface area contributed by atoms with Crippen molar-refractivity contribution in [3.63, 3.8) is 0 Å². The fraction of sp³-hybridized carbons (Fsp3) is 0.462. The Morgan fingerprint density at radius 3 is 2.58 bits per heavy atom. The smallest absolute Gasteiger partial charge is 0.323 e. The zero-order valence-electron chi connectivity index (χ0n) is 10.9. The Labute approximate surface area is 118 Å². The lowest BCUT2D eigenvalue weighted by atomic mass is 10.2. The number of ether oxygens (including phenoxy) is 3. The minimum absolute atomic E-state index is 0. The molecule has 1 aliphatic rings. The number of carbonyl (C=O) groups excluding carboxylic acids is 1. The van der Waals surface area contributed by atoms with Crippen molar-refractivity contribution in [1.82, 2.24) is 5.32 Å². The number of nitrogens with one attached hydrogen (secondary N) is 1. The summed E-state index contributed by atoms with van der Waals surface area (Å²) in [7, 11) is 2.99. The minimum atomic E-state index is -0.283. The number of methoxy groups -OCH3 is 2. The van der Waals surface area contributed by atoms with Crippen LogP contribution >= 0.6 is 12.4 Å². The molecule has 1 fully saturated rings. The number of esters is 1. The van der Waals surface area contributed by atoms with E-state index in [4.69, 9.17) is 14.2 Å². The number of para-hydroxylation sites is 2. The van der Waals surface area contributed by atoms with Gasteiger partial charge in [-0.3, -0.25) is 4.79 Å².